The van der Waals surface area contributed by atoms with Crippen LogP contribution in [-0.4, -0.2) is 9.55 Å². The Balaban J connectivity index is 0.000000461. The minimum Gasteiger partial charge on any atom is -0.299 e. The van der Waals surface area contributed by atoms with E-state index in [2.05, 4.69) is 4.98 Å². The van der Waals surface area contributed by atoms with E-state index in [0.717, 1.165) is 16.9 Å². The van der Waals surface area contributed by atoms with Gasteiger partial charge in [-0.05, 0) is 19.1 Å². The first kappa shape index (κ1) is 10.7. The Morgan fingerprint density at radius 1 is 1.29 bits per heavy atom. The quantitative estimate of drug-likeness (QED) is 0.681. The highest BCUT2D eigenvalue weighted by atomic mass is 19.1. The lowest BCUT2D eigenvalue weighted by Gasteiger charge is -1.97. The van der Waals surface area contributed by atoms with Gasteiger partial charge in [-0.25, -0.2) is 9.37 Å². The zero-order chi connectivity index (χ0) is 10.6. The summed E-state index contributed by atoms with van der Waals surface area (Å²) in [5.74, 6) is 0.721. The number of aromatic nitrogens is 2. The van der Waals surface area contributed by atoms with Crippen LogP contribution in [0, 0.1) is 6.92 Å². The fourth-order valence-electron chi connectivity index (χ4n) is 1.35. The number of hydrogen-bond donors (Lipinski definition) is 0. The molecular weight excluding hydrogens is 179 g/mol. The van der Waals surface area contributed by atoms with Crippen molar-refractivity contribution >= 4 is 11.0 Å². The smallest absolute Gasteiger partial charge is 0.167 e. The molecule has 14 heavy (non-hydrogen) atoms. The van der Waals surface area contributed by atoms with Gasteiger partial charge < -0.3 is 0 Å². The molecule has 2 nitrogen and oxygen atoms in total. The van der Waals surface area contributed by atoms with Crippen molar-refractivity contribution in [1.29, 1.82) is 0 Å². The summed E-state index contributed by atoms with van der Waals surface area (Å²) in [5.41, 5.74) is 1.71. The largest absolute Gasteiger partial charge is 0.299 e. The molecular formula is C11H15FN2. The third-order valence-electron chi connectivity index (χ3n) is 1.96. The molecule has 0 saturated heterocycles. The molecule has 2 aromatic rings. The van der Waals surface area contributed by atoms with E-state index in [0.29, 0.717) is 0 Å². The van der Waals surface area contributed by atoms with Crippen LogP contribution in [-0.2, 0) is 6.80 Å². The summed E-state index contributed by atoms with van der Waals surface area (Å²) in [6.07, 6.45) is 0. The van der Waals surface area contributed by atoms with Crippen molar-refractivity contribution in [1.82, 2.24) is 9.55 Å². The Morgan fingerprint density at radius 3 is 2.57 bits per heavy atom. The van der Waals surface area contributed by atoms with Gasteiger partial charge in [0.25, 0.3) is 0 Å². The average molecular weight is 194 g/mol. The van der Waals surface area contributed by atoms with E-state index in [1.165, 1.54) is 0 Å². The number of nitrogens with zero attached hydrogens (tertiary/aromatic N) is 2. The van der Waals surface area contributed by atoms with Crippen molar-refractivity contribution in [2.45, 2.75) is 27.6 Å². The maximum Gasteiger partial charge on any atom is 0.167 e. The van der Waals surface area contributed by atoms with Gasteiger partial charge in [-0.3, -0.25) is 4.57 Å². The van der Waals surface area contributed by atoms with E-state index >= 15 is 0 Å². The topological polar surface area (TPSA) is 17.8 Å². The fourth-order valence-corrected chi connectivity index (χ4v) is 1.35. The average Bonchev–Trinajstić information content (AvgIpc) is 2.56. The maximum atomic E-state index is 12.5. The molecule has 0 aliphatic heterocycles. The van der Waals surface area contributed by atoms with E-state index in [1.54, 1.807) is 11.5 Å². The summed E-state index contributed by atoms with van der Waals surface area (Å²) >= 11 is 0. The summed E-state index contributed by atoms with van der Waals surface area (Å²) in [5, 5.41) is 0. The van der Waals surface area contributed by atoms with Crippen LogP contribution in [0.5, 0.6) is 0 Å². The van der Waals surface area contributed by atoms with Gasteiger partial charge in [-0.2, -0.15) is 0 Å². The molecule has 0 saturated carbocycles. The SMILES string of the molecule is CC.Cc1nc2ccccc2n1CF. The van der Waals surface area contributed by atoms with Gasteiger partial charge >= 0.3 is 0 Å². The van der Waals surface area contributed by atoms with Crippen LogP contribution in [0.1, 0.15) is 19.7 Å². The number of halogens is 1. The summed E-state index contributed by atoms with van der Waals surface area (Å²) in [4.78, 5) is 4.21. The first-order valence-corrected chi connectivity index (χ1v) is 4.81. The van der Waals surface area contributed by atoms with Gasteiger partial charge in [0.15, 0.2) is 6.80 Å². The lowest BCUT2D eigenvalue weighted by Crippen LogP contribution is -1.94. The number of alkyl halides is 1. The van der Waals surface area contributed by atoms with E-state index in [9.17, 15) is 4.39 Å². The minimum atomic E-state index is -0.508. The molecule has 3 heteroatoms. The highest BCUT2D eigenvalue weighted by Crippen LogP contribution is 2.14. The highest BCUT2D eigenvalue weighted by Gasteiger charge is 2.04. The fraction of sp³-hybridized carbons (Fsp3) is 0.364. The molecule has 76 valence electrons. The van der Waals surface area contributed by atoms with Crippen LogP contribution in [0.2, 0.25) is 0 Å². The number of para-hydroxylation sites is 2. The van der Waals surface area contributed by atoms with Gasteiger partial charge in [0.05, 0.1) is 11.0 Å². The Morgan fingerprint density at radius 2 is 1.93 bits per heavy atom. The number of fused-ring (bicyclic) bond motifs is 1. The number of hydrogen-bond acceptors (Lipinski definition) is 1. The molecule has 1 aromatic carbocycles. The lowest BCUT2D eigenvalue weighted by atomic mass is 10.3. The van der Waals surface area contributed by atoms with Gasteiger partial charge in [0.2, 0.25) is 0 Å². The molecule has 0 fully saturated rings. The van der Waals surface area contributed by atoms with Crippen LogP contribution in [0.25, 0.3) is 11.0 Å². The van der Waals surface area contributed by atoms with Crippen LogP contribution >= 0.6 is 0 Å². The molecule has 2 rings (SSSR count). The van der Waals surface area contributed by atoms with E-state index in [4.69, 9.17) is 0 Å². The number of aryl methyl sites for hydroxylation is 1. The zero-order valence-corrected chi connectivity index (χ0v) is 8.79. The first-order chi connectivity index (χ1) is 6.83. The molecule has 0 aliphatic rings. The first-order valence-electron chi connectivity index (χ1n) is 4.81. The monoisotopic (exact) mass is 194 g/mol. The van der Waals surface area contributed by atoms with Crippen molar-refractivity contribution in [3.63, 3.8) is 0 Å². The van der Waals surface area contributed by atoms with Crippen LogP contribution < -0.4 is 0 Å². The van der Waals surface area contributed by atoms with E-state index in [1.807, 2.05) is 38.1 Å². The molecule has 0 amide bonds. The third-order valence-corrected chi connectivity index (χ3v) is 1.96. The standard InChI is InChI=1S/C9H9FN2.C2H6/c1-7-11-8-4-2-3-5-9(8)12(7)6-10;1-2/h2-5H,6H2,1H3;1-2H3. The molecule has 0 unspecified atom stereocenters. The zero-order valence-electron chi connectivity index (χ0n) is 8.79. The van der Waals surface area contributed by atoms with Gasteiger partial charge in [0.1, 0.15) is 5.82 Å². The molecule has 0 radical (unpaired) electrons. The predicted molar refractivity (Wildman–Crippen MR) is 56.9 cm³/mol. The molecule has 0 spiro atoms. The molecule has 0 bridgehead atoms. The molecule has 0 N–H and O–H groups in total. The van der Waals surface area contributed by atoms with Crippen LogP contribution in [0.4, 0.5) is 4.39 Å². The highest BCUT2D eigenvalue weighted by molar-refractivity contribution is 5.75. The van der Waals surface area contributed by atoms with E-state index < -0.39 is 6.80 Å². The second kappa shape index (κ2) is 4.74. The number of imidazole rings is 1. The Hall–Kier alpha value is -1.38. The van der Waals surface area contributed by atoms with Gasteiger partial charge in [-0.15, -0.1) is 0 Å². The Bertz CT molecular complexity index is 407. The minimum absolute atomic E-state index is 0.508. The van der Waals surface area contributed by atoms with Crippen molar-refractivity contribution < 1.29 is 4.39 Å². The predicted octanol–water partition coefficient (Wildman–Crippen LogP) is 3.30. The summed E-state index contributed by atoms with van der Waals surface area (Å²) in [7, 11) is 0. The van der Waals surface area contributed by atoms with Gasteiger partial charge in [-0.1, -0.05) is 26.0 Å². The third kappa shape index (κ3) is 1.76. The van der Waals surface area contributed by atoms with Crippen LogP contribution in [0.3, 0.4) is 0 Å². The molecule has 0 atom stereocenters. The van der Waals surface area contributed by atoms with Crippen molar-refractivity contribution in [3.05, 3.63) is 30.1 Å². The summed E-state index contributed by atoms with van der Waals surface area (Å²) in [6.45, 7) is 5.30. The Kier molecular flexibility index (Phi) is 3.63. The molecule has 1 heterocycles. The van der Waals surface area contributed by atoms with Crippen molar-refractivity contribution in [2.24, 2.45) is 0 Å². The number of benzene rings is 1. The Labute approximate surface area is 83.4 Å². The lowest BCUT2D eigenvalue weighted by molar-refractivity contribution is 0.379. The summed E-state index contributed by atoms with van der Waals surface area (Å²) < 4.78 is 14.0. The van der Waals surface area contributed by atoms with Gasteiger partial charge in [0, 0.05) is 0 Å². The summed E-state index contributed by atoms with van der Waals surface area (Å²) in [6, 6.07) is 7.54. The second-order valence-electron chi connectivity index (χ2n) is 2.70. The van der Waals surface area contributed by atoms with E-state index in [-0.39, 0.29) is 0 Å². The number of rotatable bonds is 1. The maximum absolute atomic E-state index is 12.5. The van der Waals surface area contributed by atoms with Crippen LogP contribution in [0.15, 0.2) is 24.3 Å². The van der Waals surface area contributed by atoms with Crippen molar-refractivity contribution in [2.75, 3.05) is 0 Å². The normalized spacial score (nSPS) is 9.71. The molecule has 0 aliphatic carbocycles. The second-order valence-corrected chi connectivity index (χ2v) is 2.70. The van der Waals surface area contributed by atoms with Crippen molar-refractivity contribution in [3.8, 4) is 0 Å². The molecule has 1 aromatic heterocycles.